The second-order valence-corrected chi connectivity index (χ2v) is 6.38. The van der Waals surface area contributed by atoms with Crippen LogP contribution in [0, 0.1) is 5.82 Å². The fourth-order valence-corrected chi connectivity index (χ4v) is 3.59. The van der Waals surface area contributed by atoms with Gasteiger partial charge >= 0.3 is 0 Å². The van der Waals surface area contributed by atoms with E-state index in [1.165, 1.54) is 31.7 Å². The smallest absolute Gasteiger partial charge is 0.142 e. The Balaban J connectivity index is 2.18. The molecule has 0 amide bonds. The van der Waals surface area contributed by atoms with Crippen molar-refractivity contribution in [3.8, 4) is 0 Å². The van der Waals surface area contributed by atoms with E-state index in [0.29, 0.717) is 0 Å². The molecule has 1 N–H and O–H groups in total. The molecule has 0 aliphatic heterocycles. The number of hydrogen-bond donors (Lipinski definition) is 1. The van der Waals surface area contributed by atoms with Crippen molar-refractivity contribution >= 4 is 11.6 Å². The molecule has 0 heterocycles. The highest BCUT2D eigenvalue weighted by Crippen LogP contribution is 2.34. The van der Waals surface area contributed by atoms with Crippen LogP contribution in [0.15, 0.2) is 18.2 Å². The van der Waals surface area contributed by atoms with Crippen molar-refractivity contribution in [1.82, 2.24) is 5.32 Å². The molecule has 2 nitrogen and oxygen atoms in total. The van der Waals surface area contributed by atoms with Gasteiger partial charge in [0.2, 0.25) is 0 Å². The molecule has 1 aromatic rings. The van der Waals surface area contributed by atoms with Crippen molar-refractivity contribution in [3.05, 3.63) is 34.6 Å². The van der Waals surface area contributed by atoms with Crippen LogP contribution in [0.2, 0.25) is 5.02 Å². The Bertz CT molecular complexity index is 458. The number of methoxy groups -OCH3 is 1. The van der Waals surface area contributed by atoms with Crippen molar-refractivity contribution in [2.24, 2.45) is 0 Å². The van der Waals surface area contributed by atoms with Crippen LogP contribution >= 0.6 is 11.6 Å². The van der Waals surface area contributed by atoms with Crippen LogP contribution in [0.3, 0.4) is 0 Å². The van der Waals surface area contributed by atoms with Gasteiger partial charge in [-0.05, 0) is 44.0 Å². The minimum atomic E-state index is -0.351. The van der Waals surface area contributed by atoms with Crippen LogP contribution in [0.25, 0.3) is 0 Å². The highest BCUT2D eigenvalue weighted by atomic mass is 35.5. The molecule has 118 valence electrons. The van der Waals surface area contributed by atoms with Gasteiger partial charge in [-0.2, -0.15) is 0 Å². The molecular formula is C17H25ClFNO. The third-order valence-corrected chi connectivity index (χ3v) is 5.07. The topological polar surface area (TPSA) is 21.3 Å². The molecule has 1 saturated carbocycles. The molecule has 0 radical (unpaired) electrons. The highest BCUT2D eigenvalue weighted by molar-refractivity contribution is 6.30. The van der Waals surface area contributed by atoms with E-state index >= 15 is 0 Å². The number of halogens is 2. The summed E-state index contributed by atoms with van der Waals surface area (Å²) in [6.45, 7) is 0. The van der Waals surface area contributed by atoms with E-state index in [1.807, 2.05) is 13.1 Å². The van der Waals surface area contributed by atoms with Gasteiger partial charge in [0.1, 0.15) is 5.82 Å². The zero-order chi connectivity index (χ0) is 15.3. The van der Waals surface area contributed by atoms with E-state index in [-0.39, 0.29) is 22.5 Å². The molecule has 2 rings (SSSR count). The van der Waals surface area contributed by atoms with Crippen LogP contribution in [-0.4, -0.2) is 25.8 Å². The van der Waals surface area contributed by atoms with Gasteiger partial charge in [-0.1, -0.05) is 43.4 Å². The molecule has 21 heavy (non-hydrogen) atoms. The van der Waals surface area contributed by atoms with E-state index in [2.05, 4.69) is 5.32 Å². The Morgan fingerprint density at radius 3 is 2.48 bits per heavy atom. The fourth-order valence-electron chi connectivity index (χ4n) is 3.48. The van der Waals surface area contributed by atoms with Crippen molar-refractivity contribution in [2.45, 2.75) is 56.6 Å². The fraction of sp³-hybridized carbons (Fsp3) is 0.647. The van der Waals surface area contributed by atoms with Crippen LogP contribution in [-0.2, 0) is 11.2 Å². The maximum atomic E-state index is 13.6. The molecule has 0 aromatic heterocycles. The quantitative estimate of drug-likeness (QED) is 0.816. The van der Waals surface area contributed by atoms with Gasteiger partial charge in [0, 0.05) is 13.2 Å². The summed E-state index contributed by atoms with van der Waals surface area (Å²) in [5.41, 5.74) is 0.804. The van der Waals surface area contributed by atoms with Gasteiger partial charge in [-0.3, -0.25) is 0 Å². The lowest BCUT2D eigenvalue weighted by Gasteiger charge is -2.39. The zero-order valence-corrected chi connectivity index (χ0v) is 13.7. The van der Waals surface area contributed by atoms with Crippen LogP contribution in [0.1, 0.15) is 44.1 Å². The summed E-state index contributed by atoms with van der Waals surface area (Å²) in [6, 6.07) is 5.25. The van der Waals surface area contributed by atoms with E-state index in [1.54, 1.807) is 13.2 Å². The van der Waals surface area contributed by atoms with E-state index in [9.17, 15) is 4.39 Å². The molecule has 4 heteroatoms. The predicted molar refractivity (Wildman–Crippen MR) is 85.4 cm³/mol. The van der Waals surface area contributed by atoms with Gasteiger partial charge in [0.25, 0.3) is 0 Å². The lowest BCUT2D eigenvalue weighted by molar-refractivity contribution is -0.0509. The molecule has 1 aromatic carbocycles. The second-order valence-electron chi connectivity index (χ2n) is 5.98. The first-order valence-electron chi connectivity index (χ1n) is 7.77. The molecule has 1 fully saturated rings. The molecule has 1 aliphatic rings. The molecule has 0 spiro atoms. The Morgan fingerprint density at radius 1 is 1.29 bits per heavy atom. The molecule has 0 bridgehead atoms. The zero-order valence-electron chi connectivity index (χ0n) is 12.9. The van der Waals surface area contributed by atoms with E-state index in [0.717, 1.165) is 24.8 Å². The van der Waals surface area contributed by atoms with Crippen LogP contribution in [0.4, 0.5) is 4.39 Å². The van der Waals surface area contributed by atoms with E-state index < -0.39 is 0 Å². The lowest BCUT2D eigenvalue weighted by Crippen LogP contribution is -2.52. The first kappa shape index (κ1) is 16.7. The standard InChI is InChI=1S/C17H25ClFNO/c1-20-16(12-13-7-8-14(18)15(19)11-13)17(21-2)9-5-3-4-6-10-17/h7-8,11,16,20H,3-6,9-10,12H2,1-2H3. The third kappa shape index (κ3) is 3.97. The molecule has 1 aliphatic carbocycles. The molecule has 0 saturated heterocycles. The largest absolute Gasteiger partial charge is 0.377 e. The highest BCUT2D eigenvalue weighted by Gasteiger charge is 2.38. The second kappa shape index (κ2) is 7.57. The van der Waals surface area contributed by atoms with Gasteiger partial charge in [-0.15, -0.1) is 0 Å². The molecule has 1 unspecified atom stereocenters. The minimum absolute atomic E-state index is 0.151. The molecular weight excluding hydrogens is 289 g/mol. The van der Waals surface area contributed by atoms with Crippen LogP contribution in [0.5, 0.6) is 0 Å². The SMILES string of the molecule is CNC(Cc1ccc(Cl)c(F)c1)C1(OC)CCCCCC1. The minimum Gasteiger partial charge on any atom is -0.377 e. The Kier molecular flexibility index (Phi) is 6.03. The Labute approximate surface area is 132 Å². The predicted octanol–water partition coefficient (Wildman–Crippen LogP) is 4.35. The first-order valence-corrected chi connectivity index (χ1v) is 8.15. The van der Waals surface area contributed by atoms with Gasteiger partial charge in [0.05, 0.1) is 10.6 Å². The van der Waals surface area contributed by atoms with Gasteiger partial charge < -0.3 is 10.1 Å². The average Bonchev–Trinajstić information content (AvgIpc) is 2.74. The maximum absolute atomic E-state index is 13.6. The van der Waals surface area contributed by atoms with Gasteiger partial charge in [0.15, 0.2) is 0 Å². The summed E-state index contributed by atoms with van der Waals surface area (Å²) in [7, 11) is 3.76. The van der Waals surface area contributed by atoms with E-state index in [4.69, 9.17) is 16.3 Å². The average molecular weight is 314 g/mol. The lowest BCUT2D eigenvalue weighted by atomic mass is 9.82. The summed E-state index contributed by atoms with van der Waals surface area (Å²) in [4.78, 5) is 0. The number of likely N-dealkylation sites (N-methyl/N-ethyl adjacent to an activating group) is 1. The number of rotatable bonds is 5. The van der Waals surface area contributed by atoms with Crippen molar-refractivity contribution < 1.29 is 9.13 Å². The first-order chi connectivity index (χ1) is 10.1. The van der Waals surface area contributed by atoms with Crippen molar-refractivity contribution in [2.75, 3.05) is 14.2 Å². The monoisotopic (exact) mass is 313 g/mol. The molecule has 1 atom stereocenters. The Morgan fingerprint density at radius 2 is 1.95 bits per heavy atom. The van der Waals surface area contributed by atoms with Crippen LogP contribution < -0.4 is 5.32 Å². The summed E-state index contributed by atoms with van der Waals surface area (Å²) in [6.07, 6.45) is 7.81. The number of benzene rings is 1. The normalized spacial score (nSPS) is 20.0. The summed E-state index contributed by atoms with van der Waals surface area (Å²) >= 11 is 5.76. The number of nitrogens with one attached hydrogen (secondary N) is 1. The Hall–Kier alpha value is -0.640. The third-order valence-electron chi connectivity index (χ3n) is 4.76. The van der Waals surface area contributed by atoms with Crippen molar-refractivity contribution in [3.63, 3.8) is 0 Å². The van der Waals surface area contributed by atoms with Crippen molar-refractivity contribution in [1.29, 1.82) is 0 Å². The summed E-state index contributed by atoms with van der Waals surface area (Å²) in [5, 5.41) is 3.57. The maximum Gasteiger partial charge on any atom is 0.142 e. The number of ether oxygens (including phenoxy) is 1. The number of hydrogen-bond acceptors (Lipinski definition) is 2. The van der Waals surface area contributed by atoms with Gasteiger partial charge in [-0.25, -0.2) is 4.39 Å². The summed E-state index contributed by atoms with van der Waals surface area (Å²) < 4.78 is 19.6. The summed E-state index contributed by atoms with van der Waals surface area (Å²) in [5.74, 6) is -0.351.